The highest BCUT2D eigenvalue weighted by Crippen LogP contribution is 2.30. The lowest BCUT2D eigenvalue weighted by Gasteiger charge is -2.43. The highest BCUT2D eigenvalue weighted by Gasteiger charge is 2.36. The van der Waals surface area contributed by atoms with Crippen LogP contribution >= 0.6 is 0 Å². The molecule has 2 unspecified atom stereocenters. The lowest BCUT2D eigenvalue weighted by atomic mass is 9.78. The zero-order chi connectivity index (χ0) is 14.1. The molecule has 0 spiro atoms. The summed E-state index contributed by atoms with van der Waals surface area (Å²) in [4.78, 5) is 2.52. The van der Waals surface area contributed by atoms with Crippen molar-refractivity contribution in [1.82, 2.24) is 10.2 Å². The van der Waals surface area contributed by atoms with Gasteiger partial charge < -0.3 is 15.3 Å². The summed E-state index contributed by atoms with van der Waals surface area (Å²) in [5, 5.41) is 13.4. The van der Waals surface area contributed by atoms with Gasteiger partial charge >= 0.3 is 0 Å². The van der Waals surface area contributed by atoms with Crippen LogP contribution in [0.25, 0.3) is 0 Å². The molecule has 0 radical (unpaired) electrons. The van der Waals surface area contributed by atoms with Crippen molar-refractivity contribution in [3.8, 4) is 0 Å². The fourth-order valence-corrected chi connectivity index (χ4v) is 3.25. The third-order valence-corrected chi connectivity index (χ3v) is 4.61. The van der Waals surface area contributed by atoms with Crippen molar-refractivity contribution in [2.24, 2.45) is 0 Å². The largest absolute Gasteiger partial charge is 0.394 e. The number of hydrogen-bond acceptors (Lipinski definition) is 3. The number of aliphatic hydroxyl groups excluding tert-OH is 1. The normalized spacial score (nSPS) is 27.9. The molecule has 3 heteroatoms. The molecule has 0 aromatic heterocycles. The number of hydrogen-bond donors (Lipinski definition) is 2. The number of rotatable bonds is 9. The van der Waals surface area contributed by atoms with E-state index in [0.717, 1.165) is 25.8 Å². The van der Waals surface area contributed by atoms with E-state index in [2.05, 4.69) is 31.1 Å². The molecule has 19 heavy (non-hydrogen) atoms. The van der Waals surface area contributed by atoms with Gasteiger partial charge in [-0.15, -0.1) is 0 Å². The maximum atomic E-state index is 9.80. The van der Waals surface area contributed by atoms with Gasteiger partial charge in [-0.2, -0.15) is 0 Å². The Bertz CT molecular complexity index is 235. The molecular formula is C16H34N2O. The van der Waals surface area contributed by atoms with Crippen LogP contribution in [0.5, 0.6) is 0 Å². The van der Waals surface area contributed by atoms with Crippen molar-refractivity contribution in [2.75, 3.05) is 26.7 Å². The molecule has 1 aliphatic carbocycles. The molecule has 0 aromatic carbocycles. The van der Waals surface area contributed by atoms with Gasteiger partial charge in [-0.05, 0) is 58.7 Å². The van der Waals surface area contributed by atoms with E-state index in [9.17, 15) is 5.11 Å². The van der Waals surface area contributed by atoms with Gasteiger partial charge in [0.1, 0.15) is 0 Å². The molecule has 1 saturated carbocycles. The first kappa shape index (κ1) is 16.9. The molecule has 0 saturated heterocycles. The Hall–Kier alpha value is -0.120. The number of nitrogens with one attached hydrogen (secondary N) is 1. The third-order valence-electron chi connectivity index (χ3n) is 4.61. The molecule has 0 amide bonds. The molecule has 2 N–H and O–H groups in total. The topological polar surface area (TPSA) is 35.5 Å². The predicted molar refractivity (Wildman–Crippen MR) is 82.5 cm³/mol. The van der Waals surface area contributed by atoms with Gasteiger partial charge in [0.05, 0.1) is 6.61 Å². The highest BCUT2D eigenvalue weighted by atomic mass is 16.3. The number of aliphatic hydroxyl groups is 1. The van der Waals surface area contributed by atoms with Gasteiger partial charge in [-0.1, -0.05) is 26.7 Å². The van der Waals surface area contributed by atoms with Crippen LogP contribution in [0.4, 0.5) is 0 Å². The summed E-state index contributed by atoms with van der Waals surface area (Å²) >= 11 is 0. The fourth-order valence-electron chi connectivity index (χ4n) is 3.25. The summed E-state index contributed by atoms with van der Waals surface area (Å²) in [7, 11) is 2.26. The summed E-state index contributed by atoms with van der Waals surface area (Å²) in [6, 6.07) is 0.641. The van der Waals surface area contributed by atoms with Crippen LogP contribution in [-0.4, -0.2) is 48.3 Å². The Labute approximate surface area is 119 Å². The smallest absolute Gasteiger partial charge is 0.0613 e. The first-order chi connectivity index (χ1) is 9.17. The van der Waals surface area contributed by atoms with Crippen LogP contribution in [0.2, 0.25) is 0 Å². The van der Waals surface area contributed by atoms with Crippen LogP contribution in [-0.2, 0) is 0 Å². The van der Waals surface area contributed by atoms with Crippen molar-refractivity contribution in [3.63, 3.8) is 0 Å². The standard InChI is InChI=1S/C16H34N2O/c1-4-6-7-12-18(3)15-9-8-10-16(13-15,14-19)17-11-5-2/h15,17,19H,4-14H2,1-3H3. The van der Waals surface area contributed by atoms with Gasteiger partial charge in [0.2, 0.25) is 0 Å². The molecule has 1 rings (SSSR count). The molecule has 0 aromatic rings. The Morgan fingerprint density at radius 3 is 2.68 bits per heavy atom. The van der Waals surface area contributed by atoms with Gasteiger partial charge in [0, 0.05) is 11.6 Å². The summed E-state index contributed by atoms with van der Waals surface area (Å²) in [6.07, 6.45) is 9.82. The van der Waals surface area contributed by atoms with E-state index in [-0.39, 0.29) is 12.1 Å². The van der Waals surface area contributed by atoms with E-state index in [4.69, 9.17) is 0 Å². The van der Waals surface area contributed by atoms with E-state index < -0.39 is 0 Å². The van der Waals surface area contributed by atoms with Gasteiger partial charge in [-0.3, -0.25) is 0 Å². The third kappa shape index (κ3) is 5.41. The predicted octanol–water partition coefficient (Wildman–Crippen LogP) is 2.78. The SMILES string of the molecule is CCCCCN(C)C1CCCC(CO)(NCCC)C1. The van der Waals surface area contributed by atoms with Gasteiger partial charge in [-0.25, -0.2) is 0 Å². The van der Waals surface area contributed by atoms with Crippen LogP contribution in [0, 0.1) is 0 Å². The van der Waals surface area contributed by atoms with Crippen LogP contribution in [0.3, 0.4) is 0 Å². The second-order valence-electron chi connectivity index (χ2n) is 6.30. The minimum Gasteiger partial charge on any atom is -0.394 e. The molecule has 0 bridgehead atoms. The quantitative estimate of drug-likeness (QED) is 0.632. The molecule has 114 valence electrons. The van der Waals surface area contributed by atoms with E-state index >= 15 is 0 Å². The van der Waals surface area contributed by atoms with Crippen LogP contribution < -0.4 is 5.32 Å². The van der Waals surface area contributed by atoms with Crippen molar-refractivity contribution in [1.29, 1.82) is 0 Å². The van der Waals surface area contributed by atoms with E-state index in [1.165, 1.54) is 38.6 Å². The lowest BCUT2D eigenvalue weighted by molar-refractivity contribution is 0.0691. The van der Waals surface area contributed by atoms with Crippen LogP contribution in [0.15, 0.2) is 0 Å². The summed E-state index contributed by atoms with van der Waals surface area (Å²) in [5.41, 5.74) is -0.0159. The maximum Gasteiger partial charge on any atom is 0.0613 e. The lowest BCUT2D eigenvalue weighted by Crippen LogP contribution is -2.55. The Morgan fingerprint density at radius 2 is 2.05 bits per heavy atom. The monoisotopic (exact) mass is 270 g/mol. The van der Waals surface area contributed by atoms with Crippen molar-refractivity contribution in [3.05, 3.63) is 0 Å². The molecular weight excluding hydrogens is 236 g/mol. The summed E-state index contributed by atoms with van der Waals surface area (Å²) < 4.78 is 0. The average Bonchev–Trinajstić information content (AvgIpc) is 2.45. The van der Waals surface area contributed by atoms with E-state index in [1.807, 2.05) is 0 Å². The van der Waals surface area contributed by atoms with Crippen molar-refractivity contribution in [2.45, 2.75) is 76.8 Å². The molecule has 0 aliphatic heterocycles. The number of unbranched alkanes of at least 4 members (excludes halogenated alkanes) is 2. The van der Waals surface area contributed by atoms with Gasteiger partial charge in [0.25, 0.3) is 0 Å². The molecule has 3 nitrogen and oxygen atoms in total. The highest BCUT2D eigenvalue weighted by molar-refractivity contribution is 4.95. The van der Waals surface area contributed by atoms with Crippen molar-refractivity contribution >= 4 is 0 Å². The molecule has 1 fully saturated rings. The van der Waals surface area contributed by atoms with E-state index in [0.29, 0.717) is 6.04 Å². The zero-order valence-electron chi connectivity index (χ0n) is 13.2. The minimum atomic E-state index is -0.0159. The molecule has 0 heterocycles. The molecule has 1 aliphatic rings. The first-order valence-corrected chi connectivity index (χ1v) is 8.23. The summed E-state index contributed by atoms with van der Waals surface area (Å²) in [5.74, 6) is 0. The second kappa shape index (κ2) is 8.93. The second-order valence-corrected chi connectivity index (χ2v) is 6.30. The minimum absolute atomic E-state index is 0.0159. The van der Waals surface area contributed by atoms with Gasteiger partial charge in [0.15, 0.2) is 0 Å². The zero-order valence-corrected chi connectivity index (χ0v) is 13.2. The maximum absolute atomic E-state index is 9.80. The number of nitrogens with zero attached hydrogens (tertiary/aromatic N) is 1. The molecule has 2 atom stereocenters. The average molecular weight is 270 g/mol. The Balaban J connectivity index is 2.46. The Kier molecular flexibility index (Phi) is 7.96. The first-order valence-electron chi connectivity index (χ1n) is 8.23. The summed E-state index contributed by atoms with van der Waals surface area (Å²) in [6.45, 7) is 6.95. The van der Waals surface area contributed by atoms with Crippen molar-refractivity contribution < 1.29 is 5.11 Å². The van der Waals surface area contributed by atoms with Crippen LogP contribution in [0.1, 0.15) is 65.2 Å². The fraction of sp³-hybridized carbons (Fsp3) is 1.00. The Morgan fingerprint density at radius 1 is 1.26 bits per heavy atom. The van der Waals surface area contributed by atoms with E-state index in [1.54, 1.807) is 0 Å².